The number of hydrogen-bond donors (Lipinski definition) is 3. The van der Waals surface area contributed by atoms with Gasteiger partial charge in [-0.25, -0.2) is 0 Å². The second-order valence-corrected chi connectivity index (χ2v) is 5.15. The molecule has 4 nitrogen and oxygen atoms in total. The topological polar surface area (TPSA) is 75.3 Å². The summed E-state index contributed by atoms with van der Waals surface area (Å²) in [6, 6.07) is -0.432. The van der Waals surface area contributed by atoms with Gasteiger partial charge in [-0.3, -0.25) is 4.79 Å². The number of aliphatic hydroxyl groups excluding tert-OH is 1. The molecule has 4 heteroatoms. The van der Waals surface area contributed by atoms with Gasteiger partial charge in [-0.2, -0.15) is 0 Å². The predicted octanol–water partition coefficient (Wildman–Crippen LogP) is 1.17. The summed E-state index contributed by atoms with van der Waals surface area (Å²) < 4.78 is 0. The summed E-state index contributed by atoms with van der Waals surface area (Å²) in [4.78, 5) is 11.7. The molecule has 1 rings (SSSR count). The zero-order valence-electron chi connectivity index (χ0n) is 10.8. The Balaban J connectivity index is 2.20. The monoisotopic (exact) mass is 242 g/mol. The Morgan fingerprint density at radius 1 is 1.47 bits per heavy atom. The molecule has 0 aromatic carbocycles. The summed E-state index contributed by atoms with van der Waals surface area (Å²) in [6.45, 7) is 2.76. The average Bonchev–Trinajstić information content (AvgIpc) is 2.85. The molecule has 4 N–H and O–H groups in total. The largest absolute Gasteiger partial charge is 0.382 e. The lowest BCUT2D eigenvalue weighted by molar-refractivity contribution is -0.130. The highest BCUT2D eigenvalue weighted by Gasteiger charge is 2.23. The van der Waals surface area contributed by atoms with Crippen LogP contribution in [0.3, 0.4) is 0 Å². The van der Waals surface area contributed by atoms with Crippen LogP contribution in [-0.2, 0) is 4.79 Å². The summed E-state index contributed by atoms with van der Waals surface area (Å²) in [5.41, 5.74) is 5.78. The van der Waals surface area contributed by atoms with Crippen molar-refractivity contribution in [2.24, 2.45) is 11.7 Å². The molecule has 0 aromatic heterocycles. The maximum Gasteiger partial charge on any atom is 0.250 e. The third-order valence-electron chi connectivity index (χ3n) is 3.60. The lowest BCUT2D eigenvalue weighted by Gasteiger charge is -2.19. The molecular formula is C13H26N2O2. The SMILES string of the molecule is CCCC[C@H](N)C(O)C(=O)NCC1CCCC1. The average molecular weight is 242 g/mol. The van der Waals surface area contributed by atoms with Gasteiger partial charge in [0.05, 0.1) is 0 Å². The van der Waals surface area contributed by atoms with Crippen LogP contribution in [-0.4, -0.2) is 29.7 Å². The summed E-state index contributed by atoms with van der Waals surface area (Å²) in [5.74, 6) is 0.290. The molecule has 0 heterocycles. The van der Waals surface area contributed by atoms with Gasteiger partial charge >= 0.3 is 0 Å². The van der Waals surface area contributed by atoms with Crippen molar-refractivity contribution in [1.29, 1.82) is 0 Å². The molecule has 1 amide bonds. The van der Waals surface area contributed by atoms with Crippen LogP contribution in [0.4, 0.5) is 0 Å². The Morgan fingerprint density at radius 3 is 2.71 bits per heavy atom. The lowest BCUT2D eigenvalue weighted by atomic mass is 10.0. The number of carbonyl (C=O) groups is 1. The molecule has 0 aromatic rings. The Bertz CT molecular complexity index is 227. The number of nitrogens with two attached hydrogens (primary N) is 1. The van der Waals surface area contributed by atoms with E-state index in [4.69, 9.17) is 5.73 Å². The van der Waals surface area contributed by atoms with E-state index in [2.05, 4.69) is 12.2 Å². The molecule has 1 aliphatic carbocycles. The van der Waals surface area contributed by atoms with Crippen LogP contribution in [0.1, 0.15) is 51.9 Å². The van der Waals surface area contributed by atoms with Gasteiger partial charge in [0.1, 0.15) is 6.10 Å². The van der Waals surface area contributed by atoms with Crippen LogP contribution in [0.15, 0.2) is 0 Å². The van der Waals surface area contributed by atoms with Crippen molar-refractivity contribution in [3.05, 3.63) is 0 Å². The van der Waals surface area contributed by atoms with Crippen LogP contribution in [0.25, 0.3) is 0 Å². The standard InChI is InChI=1S/C13H26N2O2/c1-2-3-8-11(14)12(16)13(17)15-9-10-6-4-5-7-10/h10-12,16H,2-9,14H2,1H3,(H,15,17)/t11-,12?/m0/s1. The summed E-state index contributed by atoms with van der Waals surface area (Å²) >= 11 is 0. The van der Waals surface area contributed by atoms with Gasteiger partial charge in [0, 0.05) is 12.6 Å². The first-order chi connectivity index (χ1) is 8.15. The molecule has 1 saturated carbocycles. The highest BCUT2D eigenvalue weighted by molar-refractivity contribution is 5.81. The van der Waals surface area contributed by atoms with E-state index in [0.717, 1.165) is 12.8 Å². The molecule has 1 fully saturated rings. The van der Waals surface area contributed by atoms with Crippen LogP contribution < -0.4 is 11.1 Å². The van der Waals surface area contributed by atoms with E-state index in [1.165, 1.54) is 25.7 Å². The molecule has 0 bridgehead atoms. The summed E-state index contributed by atoms with van der Waals surface area (Å²) in [7, 11) is 0. The third-order valence-corrected chi connectivity index (χ3v) is 3.60. The summed E-state index contributed by atoms with van der Waals surface area (Å²) in [5, 5.41) is 12.6. The third kappa shape index (κ3) is 5.04. The lowest BCUT2D eigenvalue weighted by Crippen LogP contribution is -2.47. The van der Waals surface area contributed by atoms with Crippen molar-refractivity contribution in [2.45, 2.75) is 64.0 Å². The van der Waals surface area contributed by atoms with Crippen molar-refractivity contribution in [3.8, 4) is 0 Å². The number of hydrogen-bond acceptors (Lipinski definition) is 3. The molecule has 0 saturated heterocycles. The minimum Gasteiger partial charge on any atom is -0.382 e. The summed E-state index contributed by atoms with van der Waals surface area (Å²) in [6.07, 6.45) is 6.55. The van der Waals surface area contributed by atoms with Gasteiger partial charge in [0.25, 0.3) is 0 Å². The van der Waals surface area contributed by atoms with E-state index in [0.29, 0.717) is 18.9 Å². The maximum absolute atomic E-state index is 11.7. The number of nitrogens with one attached hydrogen (secondary N) is 1. The normalized spacial score (nSPS) is 20.2. The number of rotatable bonds is 7. The van der Waals surface area contributed by atoms with Gasteiger partial charge in [0.2, 0.25) is 5.91 Å². The fourth-order valence-electron chi connectivity index (χ4n) is 2.36. The Kier molecular flexibility index (Phi) is 6.52. The fraction of sp³-hybridized carbons (Fsp3) is 0.923. The number of unbranched alkanes of at least 4 members (excludes halogenated alkanes) is 1. The Labute approximate surface area is 104 Å². The van der Waals surface area contributed by atoms with Crippen LogP contribution >= 0.6 is 0 Å². The molecule has 1 aliphatic rings. The second-order valence-electron chi connectivity index (χ2n) is 5.15. The van der Waals surface area contributed by atoms with E-state index in [9.17, 15) is 9.90 Å². The van der Waals surface area contributed by atoms with Gasteiger partial charge in [-0.05, 0) is 25.2 Å². The minimum atomic E-state index is -1.05. The van der Waals surface area contributed by atoms with E-state index in [1.807, 2.05) is 0 Å². The van der Waals surface area contributed by atoms with Crippen molar-refractivity contribution < 1.29 is 9.90 Å². The molecule has 0 radical (unpaired) electrons. The number of amides is 1. The van der Waals surface area contributed by atoms with E-state index in [-0.39, 0.29) is 5.91 Å². The van der Waals surface area contributed by atoms with Crippen LogP contribution in [0, 0.1) is 5.92 Å². The first-order valence-corrected chi connectivity index (χ1v) is 6.86. The van der Waals surface area contributed by atoms with Crippen LogP contribution in [0.5, 0.6) is 0 Å². The number of carbonyl (C=O) groups excluding carboxylic acids is 1. The molecule has 0 aliphatic heterocycles. The van der Waals surface area contributed by atoms with E-state index < -0.39 is 12.1 Å². The van der Waals surface area contributed by atoms with Crippen molar-refractivity contribution in [1.82, 2.24) is 5.32 Å². The highest BCUT2D eigenvalue weighted by atomic mass is 16.3. The quantitative estimate of drug-likeness (QED) is 0.627. The Hall–Kier alpha value is -0.610. The zero-order chi connectivity index (χ0) is 12.7. The van der Waals surface area contributed by atoms with E-state index in [1.54, 1.807) is 0 Å². The first kappa shape index (κ1) is 14.5. The first-order valence-electron chi connectivity index (χ1n) is 6.86. The van der Waals surface area contributed by atoms with Crippen molar-refractivity contribution in [2.75, 3.05) is 6.54 Å². The predicted molar refractivity (Wildman–Crippen MR) is 68.5 cm³/mol. The number of aliphatic hydroxyl groups is 1. The van der Waals surface area contributed by atoms with Gasteiger partial charge in [-0.1, -0.05) is 32.6 Å². The smallest absolute Gasteiger partial charge is 0.250 e. The zero-order valence-corrected chi connectivity index (χ0v) is 10.8. The van der Waals surface area contributed by atoms with Gasteiger partial charge in [-0.15, -0.1) is 0 Å². The molecule has 100 valence electrons. The second kappa shape index (κ2) is 7.67. The van der Waals surface area contributed by atoms with Gasteiger partial charge in [0.15, 0.2) is 0 Å². The molecular weight excluding hydrogens is 216 g/mol. The molecule has 0 spiro atoms. The van der Waals surface area contributed by atoms with Crippen molar-refractivity contribution in [3.63, 3.8) is 0 Å². The van der Waals surface area contributed by atoms with E-state index >= 15 is 0 Å². The Morgan fingerprint density at radius 2 is 2.12 bits per heavy atom. The van der Waals surface area contributed by atoms with Crippen molar-refractivity contribution >= 4 is 5.91 Å². The minimum absolute atomic E-state index is 0.305. The van der Waals surface area contributed by atoms with Gasteiger partial charge < -0.3 is 16.2 Å². The molecule has 17 heavy (non-hydrogen) atoms. The molecule has 1 unspecified atom stereocenters. The molecule has 2 atom stereocenters. The fourth-order valence-corrected chi connectivity index (χ4v) is 2.36. The maximum atomic E-state index is 11.7. The van der Waals surface area contributed by atoms with Crippen LogP contribution in [0.2, 0.25) is 0 Å². The highest BCUT2D eigenvalue weighted by Crippen LogP contribution is 2.23.